The molecule has 0 N–H and O–H groups in total. The monoisotopic (exact) mass is 327 g/mol. The highest BCUT2D eigenvalue weighted by Crippen LogP contribution is 2.46. The van der Waals surface area contributed by atoms with E-state index in [-0.39, 0.29) is 11.3 Å². The molecule has 2 saturated heterocycles. The summed E-state index contributed by atoms with van der Waals surface area (Å²) in [5, 5.41) is 2.12. The summed E-state index contributed by atoms with van der Waals surface area (Å²) in [6, 6.07) is 8.15. The van der Waals surface area contributed by atoms with E-state index in [4.69, 9.17) is 0 Å². The van der Waals surface area contributed by atoms with Crippen molar-refractivity contribution in [3.63, 3.8) is 0 Å². The number of nitrogens with zero attached hydrogens (tertiary/aromatic N) is 3. The molecule has 4 nitrogen and oxygen atoms in total. The Hall–Kier alpha value is -1.72. The molecule has 0 radical (unpaired) electrons. The third kappa shape index (κ3) is 2.48. The molecule has 2 aliphatic rings. The molecular weight excluding hydrogens is 306 g/mol. The molecule has 2 atom stereocenters. The van der Waals surface area contributed by atoms with Crippen LogP contribution in [0.3, 0.4) is 0 Å². The number of carbonyl (C=O) groups is 1. The van der Waals surface area contributed by atoms with E-state index in [1.165, 1.54) is 4.88 Å². The van der Waals surface area contributed by atoms with Gasteiger partial charge in [0.25, 0.3) is 0 Å². The molecule has 2 fully saturated rings. The van der Waals surface area contributed by atoms with E-state index in [2.05, 4.69) is 34.3 Å². The van der Waals surface area contributed by atoms with Crippen molar-refractivity contribution in [2.75, 3.05) is 24.5 Å². The maximum Gasteiger partial charge on any atom is 0.234 e. The van der Waals surface area contributed by atoms with Gasteiger partial charge in [-0.25, -0.2) is 0 Å². The van der Waals surface area contributed by atoms with Crippen molar-refractivity contribution < 1.29 is 4.79 Å². The van der Waals surface area contributed by atoms with Gasteiger partial charge in [-0.15, -0.1) is 11.3 Å². The van der Waals surface area contributed by atoms with Gasteiger partial charge in [0.15, 0.2) is 0 Å². The highest BCUT2D eigenvalue weighted by molar-refractivity contribution is 7.09. The van der Waals surface area contributed by atoms with Crippen LogP contribution in [-0.4, -0.2) is 35.4 Å². The number of likely N-dealkylation sites (tertiary alicyclic amines) is 1. The van der Waals surface area contributed by atoms with Crippen LogP contribution in [0.15, 0.2) is 42.0 Å². The minimum Gasteiger partial charge on any atom is -0.310 e. The van der Waals surface area contributed by atoms with Crippen LogP contribution in [0.4, 0.5) is 5.69 Å². The van der Waals surface area contributed by atoms with Gasteiger partial charge in [0.2, 0.25) is 5.91 Å². The lowest BCUT2D eigenvalue weighted by Crippen LogP contribution is -2.39. The smallest absolute Gasteiger partial charge is 0.234 e. The molecule has 0 unspecified atom stereocenters. The highest BCUT2D eigenvalue weighted by atomic mass is 32.1. The van der Waals surface area contributed by atoms with E-state index in [0.717, 1.165) is 38.3 Å². The summed E-state index contributed by atoms with van der Waals surface area (Å²) in [6.45, 7) is 5.89. The second-order valence-electron chi connectivity index (χ2n) is 6.72. The summed E-state index contributed by atoms with van der Waals surface area (Å²) in [6.07, 6.45) is 4.49. The maximum atomic E-state index is 13.2. The molecule has 5 heteroatoms. The largest absolute Gasteiger partial charge is 0.310 e. The second-order valence-corrected chi connectivity index (χ2v) is 7.76. The number of aromatic nitrogens is 1. The number of hydrogen-bond donors (Lipinski definition) is 0. The molecule has 4 rings (SSSR count). The molecule has 1 spiro atoms. The Balaban J connectivity index is 1.53. The normalized spacial score (nSPS) is 28.1. The Bertz CT molecular complexity index is 688. The Labute approximate surface area is 140 Å². The molecular formula is C18H21N3OS. The first-order valence-corrected chi connectivity index (χ1v) is 9.04. The van der Waals surface area contributed by atoms with Crippen LogP contribution >= 0.6 is 11.3 Å². The van der Waals surface area contributed by atoms with E-state index in [1.54, 1.807) is 23.7 Å². The maximum absolute atomic E-state index is 13.2. The third-order valence-corrected chi connectivity index (χ3v) is 6.21. The van der Waals surface area contributed by atoms with Crippen molar-refractivity contribution in [2.24, 2.45) is 11.3 Å². The Morgan fingerprint density at radius 1 is 1.39 bits per heavy atom. The minimum atomic E-state index is -0.215. The summed E-state index contributed by atoms with van der Waals surface area (Å²) in [5.41, 5.74) is 0.714. The van der Waals surface area contributed by atoms with Crippen molar-refractivity contribution in [3.8, 4) is 0 Å². The van der Waals surface area contributed by atoms with Crippen LogP contribution < -0.4 is 4.90 Å². The molecule has 0 bridgehead atoms. The van der Waals surface area contributed by atoms with E-state index in [1.807, 2.05) is 17.0 Å². The summed E-state index contributed by atoms with van der Waals surface area (Å²) < 4.78 is 0. The third-order valence-electron chi connectivity index (χ3n) is 5.35. The first-order valence-electron chi connectivity index (χ1n) is 8.16. The fourth-order valence-corrected chi connectivity index (χ4v) is 4.82. The van der Waals surface area contributed by atoms with E-state index in [0.29, 0.717) is 5.92 Å². The number of anilines is 1. The highest BCUT2D eigenvalue weighted by Gasteiger charge is 2.55. The zero-order chi connectivity index (χ0) is 15.9. The average Bonchev–Trinajstić information content (AvgIpc) is 3.25. The van der Waals surface area contributed by atoms with Crippen molar-refractivity contribution in [3.05, 3.63) is 46.9 Å². The van der Waals surface area contributed by atoms with Crippen molar-refractivity contribution in [2.45, 2.75) is 19.9 Å². The van der Waals surface area contributed by atoms with Crippen molar-refractivity contribution in [1.29, 1.82) is 0 Å². The summed E-state index contributed by atoms with van der Waals surface area (Å²) in [5.74, 6) is 0.684. The molecule has 0 aromatic carbocycles. The fourth-order valence-electron chi connectivity index (χ4n) is 4.08. The van der Waals surface area contributed by atoms with Crippen LogP contribution in [-0.2, 0) is 11.3 Å². The molecule has 120 valence electrons. The molecule has 0 aliphatic carbocycles. The first-order chi connectivity index (χ1) is 11.2. The Kier molecular flexibility index (Phi) is 3.70. The summed E-state index contributed by atoms with van der Waals surface area (Å²) in [4.78, 5) is 23.1. The Morgan fingerprint density at radius 2 is 2.30 bits per heavy atom. The molecule has 2 aromatic heterocycles. The number of thiophene rings is 1. The quantitative estimate of drug-likeness (QED) is 0.869. The number of hydrogen-bond acceptors (Lipinski definition) is 4. The Morgan fingerprint density at radius 3 is 3.04 bits per heavy atom. The number of carbonyl (C=O) groups excluding carboxylic acids is 1. The zero-order valence-electron chi connectivity index (χ0n) is 13.3. The molecule has 0 saturated carbocycles. The predicted molar refractivity (Wildman–Crippen MR) is 92.4 cm³/mol. The summed E-state index contributed by atoms with van der Waals surface area (Å²) in [7, 11) is 0. The van der Waals surface area contributed by atoms with Crippen LogP contribution in [0.25, 0.3) is 0 Å². The van der Waals surface area contributed by atoms with Gasteiger partial charge in [-0.05, 0) is 35.9 Å². The minimum absolute atomic E-state index is 0.215. The lowest BCUT2D eigenvalue weighted by Gasteiger charge is -2.26. The zero-order valence-corrected chi connectivity index (χ0v) is 14.1. The molecule has 2 aliphatic heterocycles. The van der Waals surface area contributed by atoms with Crippen LogP contribution in [0.1, 0.15) is 18.2 Å². The van der Waals surface area contributed by atoms with Crippen LogP contribution in [0, 0.1) is 11.3 Å². The van der Waals surface area contributed by atoms with Crippen molar-refractivity contribution >= 4 is 22.9 Å². The van der Waals surface area contributed by atoms with Crippen LogP contribution in [0.2, 0.25) is 0 Å². The molecule has 4 heterocycles. The number of pyridine rings is 1. The topological polar surface area (TPSA) is 36.4 Å². The second kappa shape index (κ2) is 5.73. The van der Waals surface area contributed by atoms with Gasteiger partial charge in [-0.2, -0.15) is 0 Å². The number of rotatable bonds is 3. The van der Waals surface area contributed by atoms with Gasteiger partial charge in [0, 0.05) is 37.3 Å². The van der Waals surface area contributed by atoms with Gasteiger partial charge >= 0.3 is 0 Å². The van der Waals surface area contributed by atoms with Gasteiger partial charge < -0.3 is 4.90 Å². The predicted octanol–water partition coefficient (Wildman–Crippen LogP) is 3.02. The van der Waals surface area contributed by atoms with E-state index >= 15 is 0 Å². The fraction of sp³-hybridized carbons (Fsp3) is 0.444. The first kappa shape index (κ1) is 14.8. The molecule has 1 amide bonds. The van der Waals surface area contributed by atoms with Gasteiger partial charge in [0.05, 0.1) is 17.3 Å². The standard InChI is InChI=1S/C18H21N3OS/c1-14-11-20(12-16-5-3-9-23-16)13-18(14)6-8-21(17(18)22)15-4-2-7-19-10-15/h2-5,7,9-10,14H,6,8,11-13H2,1H3/t14-,18-/m1/s1. The summed E-state index contributed by atoms with van der Waals surface area (Å²) >= 11 is 1.79. The van der Waals surface area contributed by atoms with Crippen LogP contribution in [0.5, 0.6) is 0 Å². The lowest BCUT2D eigenvalue weighted by atomic mass is 9.78. The average molecular weight is 327 g/mol. The lowest BCUT2D eigenvalue weighted by molar-refractivity contribution is -0.126. The SMILES string of the molecule is C[C@@H]1CN(Cc2cccs2)C[C@]12CCN(c1cccnc1)C2=O. The van der Waals surface area contributed by atoms with E-state index in [9.17, 15) is 4.79 Å². The molecule has 2 aromatic rings. The number of amides is 1. The molecule has 23 heavy (non-hydrogen) atoms. The van der Waals surface area contributed by atoms with Crippen molar-refractivity contribution in [1.82, 2.24) is 9.88 Å². The van der Waals surface area contributed by atoms with Gasteiger partial charge in [-0.1, -0.05) is 13.0 Å². The van der Waals surface area contributed by atoms with Gasteiger partial charge in [-0.3, -0.25) is 14.7 Å². The van der Waals surface area contributed by atoms with Gasteiger partial charge in [0.1, 0.15) is 0 Å². The van der Waals surface area contributed by atoms with E-state index < -0.39 is 0 Å².